The van der Waals surface area contributed by atoms with Gasteiger partial charge >= 0.3 is 5.97 Å². The van der Waals surface area contributed by atoms with E-state index in [0.29, 0.717) is 6.54 Å². The van der Waals surface area contributed by atoms with Crippen molar-refractivity contribution in [3.63, 3.8) is 0 Å². The van der Waals surface area contributed by atoms with Crippen LogP contribution >= 0.6 is 0 Å². The van der Waals surface area contributed by atoms with Gasteiger partial charge in [0, 0.05) is 6.54 Å². The zero-order valence-corrected chi connectivity index (χ0v) is 13.2. The number of carbonyl (C=O) groups is 1. The number of aliphatic carboxylic acids is 1. The Morgan fingerprint density at radius 2 is 1.53 bits per heavy atom. The predicted octanol–water partition coefficient (Wildman–Crippen LogP) is 2.54. The van der Waals surface area contributed by atoms with Crippen molar-refractivity contribution in [1.82, 2.24) is 9.80 Å². The second-order valence-electron chi connectivity index (χ2n) is 5.27. The van der Waals surface area contributed by atoms with Gasteiger partial charge in [0.25, 0.3) is 0 Å². The molecule has 1 N–H and O–H groups in total. The minimum Gasteiger partial charge on any atom is -0.481 e. The summed E-state index contributed by atoms with van der Waals surface area (Å²) in [5.74, 6) is -0.962. The molecule has 19 heavy (non-hydrogen) atoms. The molecule has 0 bridgehead atoms. The number of hydrogen-bond donors (Lipinski definition) is 1. The Labute approximate surface area is 118 Å². The molecule has 4 heteroatoms. The van der Waals surface area contributed by atoms with Crippen LogP contribution in [0.25, 0.3) is 0 Å². The molecule has 0 aromatic rings. The maximum atomic E-state index is 10.9. The Balaban J connectivity index is 4.08. The monoisotopic (exact) mass is 272 g/mol. The molecule has 0 spiro atoms. The van der Waals surface area contributed by atoms with Crippen molar-refractivity contribution >= 4 is 5.97 Å². The minimum atomic E-state index is -0.690. The van der Waals surface area contributed by atoms with Gasteiger partial charge in [-0.2, -0.15) is 0 Å². The van der Waals surface area contributed by atoms with Gasteiger partial charge < -0.3 is 14.9 Å². The quantitative estimate of drug-likeness (QED) is 0.593. The Morgan fingerprint density at radius 1 is 1.00 bits per heavy atom. The number of carboxylic acids is 1. The molecule has 0 rings (SSSR count). The fourth-order valence-electron chi connectivity index (χ4n) is 2.20. The molecule has 0 aliphatic carbocycles. The highest BCUT2D eigenvalue weighted by Crippen LogP contribution is 2.04. The Morgan fingerprint density at radius 3 is 2.00 bits per heavy atom. The third-order valence-electron chi connectivity index (χ3n) is 3.62. The molecular weight excluding hydrogens is 240 g/mol. The minimum absolute atomic E-state index is 0.273. The lowest BCUT2D eigenvalue weighted by molar-refractivity contribution is -0.141. The van der Waals surface area contributed by atoms with E-state index in [0.717, 1.165) is 52.0 Å². The van der Waals surface area contributed by atoms with Gasteiger partial charge in [0.1, 0.15) is 0 Å². The summed E-state index contributed by atoms with van der Waals surface area (Å²) < 4.78 is 0. The van der Waals surface area contributed by atoms with E-state index in [9.17, 15) is 4.79 Å². The topological polar surface area (TPSA) is 43.8 Å². The third kappa shape index (κ3) is 9.00. The van der Waals surface area contributed by atoms with Gasteiger partial charge in [-0.1, -0.05) is 34.1 Å². The number of hydrogen-bond acceptors (Lipinski definition) is 3. The van der Waals surface area contributed by atoms with Crippen molar-refractivity contribution in [2.75, 3.05) is 39.3 Å². The molecule has 0 radical (unpaired) electrons. The highest BCUT2D eigenvalue weighted by Gasteiger charge is 2.15. The van der Waals surface area contributed by atoms with Crippen LogP contribution in [0.2, 0.25) is 0 Å². The highest BCUT2D eigenvalue weighted by atomic mass is 16.4. The SMILES string of the molecule is CCCCN(CCCN(CC)CC)CC(C)C(=O)O. The first-order chi connectivity index (χ1) is 9.04. The zero-order valence-electron chi connectivity index (χ0n) is 13.2. The lowest BCUT2D eigenvalue weighted by atomic mass is 10.1. The summed E-state index contributed by atoms with van der Waals surface area (Å²) >= 11 is 0. The van der Waals surface area contributed by atoms with E-state index in [-0.39, 0.29) is 5.92 Å². The molecule has 0 aromatic carbocycles. The van der Waals surface area contributed by atoms with Gasteiger partial charge in [0.05, 0.1) is 5.92 Å². The Bertz CT molecular complexity index is 230. The van der Waals surface area contributed by atoms with Crippen molar-refractivity contribution in [3.8, 4) is 0 Å². The summed E-state index contributed by atoms with van der Waals surface area (Å²) in [7, 11) is 0. The van der Waals surface area contributed by atoms with Gasteiger partial charge in [-0.3, -0.25) is 4.79 Å². The van der Waals surface area contributed by atoms with Crippen LogP contribution in [-0.2, 0) is 4.79 Å². The molecule has 1 unspecified atom stereocenters. The van der Waals surface area contributed by atoms with Crippen molar-refractivity contribution in [3.05, 3.63) is 0 Å². The molecule has 114 valence electrons. The first-order valence-corrected chi connectivity index (χ1v) is 7.72. The lowest BCUT2D eigenvalue weighted by Gasteiger charge is -2.25. The molecule has 0 saturated heterocycles. The van der Waals surface area contributed by atoms with Gasteiger partial charge in [-0.05, 0) is 45.6 Å². The van der Waals surface area contributed by atoms with E-state index < -0.39 is 5.97 Å². The summed E-state index contributed by atoms with van der Waals surface area (Å²) in [6, 6.07) is 0. The van der Waals surface area contributed by atoms with Crippen LogP contribution in [0.1, 0.15) is 47.0 Å². The normalized spacial score (nSPS) is 13.2. The average Bonchev–Trinajstić information content (AvgIpc) is 2.40. The van der Waals surface area contributed by atoms with Crippen molar-refractivity contribution in [2.24, 2.45) is 5.92 Å². The average molecular weight is 272 g/mol. The van der Waals surface area contributed by atoms with Crippen LogP contribution < -0.4 is 0 Å². The summed E-state index contributed by atoms with van der Waals surface area (Å²) in [5, 5.41) is 9.01. The van der Waals surface area contributed by atoms with Crippen LogP contribution in [-0.4, -0.2) is 60.1 Å². The fourth-order valence-corrected chi connectivity index (χ4v) is 2.20. The van der Waals surface area contributed by atoms with Crippen LogP contribution in [0.5, 0.6) is 0 Å². The van der Waals surface area contributed by atoms with E-state index in [1.54, 1.807) is 6.92 Å². The second-order valence-corrected chi connectivity index (χ2v) is 5.27. The highest BCUT2D eigenvalue weighted by molar-refractivity contribution is 5.69. The molecule has 0 fully saturated rings. The summed E-state index contributed by atoms with van der Waals surface area (Å²) in [6.45, 7) is 14.3. The number of carboxylic acid groups (broad SMARTS) is 1. The largest absolute Gasteiger partial charge is 0.481 e. The van der Waals surface area contributed by atoms with Crippen molar-refractivity contribution < 1.29 is 9.90 Å². The van der Waals surface area contributed by atoms with Gasteiger partial charge in [0.15, 0.2) is 0 Å². The number of nitrogens with zero attached hydrogens (tertiary/aromatic N) is 2. The predicted molar refractivity (Wildman–Crippen MR) is 80.6 cm³/mol. The van der Waals surface area contributed by atoms with Crippen LogP contribution in [0.3, 0.4) is 0 Å². The van der Waals surface area contributed by atoms with E-state index in [2.05, 4.69) is 30.6 Å². The summed E-state index contributed by atoms with van der Waals surface area (Å²) in [4.78, 5) is 15.7. The van der Waals surface area contributed by atoms with Crippen molar-refractivity contribution in [2.45, 2.75) is 47.0 Å². The second kappa shape index (κ2) is 11.2. The molecule has 0 amide bonds. The van der Waals surface area contributed by atoms with Crippen LogP contribution in [0.15, 0.2) is 0 Å². The molecule has 1 atom stereocenters. The fraction of sp³-hybridized carbons (Fsp3) is 0.933. The summed E-state index contributed by atoms with van der Waals surface area (Å²) in [6.07, 6.45) is 3.43. The van der Waals surface area contributed by atoms with Crippen molar-refractivity contribution in [1.29, 1.82) is 0 Å². The van der Waals surface area contributed by atoms with E-state index in [1.807, 2.05) is 0 Å². The van der Waals surface area contributed by atoms with Crippen LogP contribution in [0.4, 0.5) is 0 Å². The van der Waals surface area contributed by atoms with E-state index >= 15 is 0 Å². The standard InChI is InChI=1S/C15H32N2O2/c1-5-8-10-17(13-14(4)15(18)19)12-9-11-16(6-2)7-3/h14H,5-13H2,1-4H3,(H,18,19). The van der Waals surface area contributed by atoms with Crippen LogP contribution in [0, 0.1) is 5.92 Å². The first kappa shape index (κ1) is 18.4. The molecule has 0 heterocycles. The maximum Gasteiger partial charge on any atom is 0.307 e. The van der Waals surface area contributed by atoms with Gasteiger partial charge in [-0.25, -0.2) is 0 Å². The molecule has 0 aliphatic heterocycles. The lowest BCUT2D eigenvalue weighted by Crippen LogP contribution is -2.35. The molecule has 0 aliphatic rings. The molecule has 4 nitrogen and oxygen atoms in total. The smallest absolute Gasteiger partial charge is 0.307 e. The first-order valence-electron chi connectivity index (χ1n) is 7.72. The molecular formula is C15H32N2O2. The number of unbranched alkanes of at least 4 members (excludes halogenated alkanes) is 1. The third-order valence-corrected chi connectivity index (χ3v) is 3.62. The Kier molecular flexibility index (Phi) is 10.9. The van der Waals surface area contributed by atoms with E-state index in [4.69, 9.17) is 5.11 Å². The zero-order chi connectivity index (χ0) is 14.7. The van der Waals surface area contributed by atoms with E-state index in [1.165, 1.54) is 0 Å². The van der Waals surface area contributed by atoms with Gasteiger partial charge in [-0.15, -0.1) is 0 Å². The Hall–Kier alpha value is -0.610. The maximum absolute atomic E-state index is 10.9. The molecule has 0 aromatic heterocycles. The van der Waals surface area contributed by atoms with Gasteiger partial charge in [0.2, 0.25) is 0 Å². The molecule has 0 saturated carbocycles. The summed E-state index contributed by atoms with van der Waals surface area (Å²) in [5.41, 5.74) is 0. The number of rotatable bonds is 12.